The van der Waals surface area contributed by atoms with Gasteiger partial charge in [-0.2, -0.15) is 0 Å². The third-order valence-corrected chi connectivity index (χ3v) is 8.25. The van der Waals surface area contributed by atoms with Gasteiger partial charge in [-0.3, -0.25) is 9.59 Å². The van der Waals surface area contributed by atoms with Gasteiger partial charge in [0.15, 0.2) is 0 Å². The molecule has 0 spiro atoms. The molecule has 0 bridgehead atoms. The zero-order valence-electron chi connectivity index (χ0n) is 25.2. The van der Waals surface area contributed by atoms with Gasteiger partial charge in [0, 0.05) is 0 Å². The molecular weight excluding hydrogens is 588 g/mol. The van der Waals surface area contributed by atoms with Gasteiger partial charge >= 0.3 is 11.9 Å². The minimum absolute atomic E-state index is 0.0422. The Hall–Kier alpha value is -5.78. The van der Waals surface area contributed by atoms with Gasteiger partial charge < -0.3 is 20.4 Å². The topological polar surface area (TPSA) is 176 Å². The minimum Gasteiger partial charge on any atom is -0.505 e. The molecule has 6 rings (SSSR count). The number of aryl methyl sites for hydroxylation is 2. The lowest BCUT2D eigenvalue weighted by Crippen LogP contribution is -2.15. The summed E-state index contributed by atoms with van der Waals surface area (Å²) >= 11 is 0. The molecule has 6 aromatic rings. The lowest BCUT2D eigenvalue weighted by Gasteiger charge is -2.18. The summed E-state index contributed by atoms with van der Waals surface area (Å²) in [6.07, 6.45) is 1.39. The number of rotatable bonds is 11. The number of aromatic nitrogens is 6. The number of benzene rings is 4. The molecule has 0 fully saturated rings. The van der Waals surface area contributed by atoms with Gasteiger partial charge in [0.05, 0.1) is 11.8 Å². The van der Waals surface area contributed by atoms with Crippen molar-refractivity contribution in [2.75, 3.05) is 0 Å². The fraction of sp³-hybridized carbons (Fsp3) is 0.235. The van der Waals surface area contributed by atoms with E-state index in [1.807, 2.05) is 24.3 Å². The van der Waals surface area contributed by atoms with Crippen LogP contribution in [-0.4, -0.2) is 62.4 Å². The van der Waals surface area contributed by atoms with Crippen LogP contribution >= 0.6 is 0 Å². The van der Waals surface area contributed by atoms with Crippen LogP contribution in [0.3, 0.4) is 0 Å². The molecule has 2 heterocycles. The number of aromatic hydroxyl groups is 2. The first-order valence-corrected chi connectivity index (χ1v) is 14.9. The molecule has 0 saturated carbocycles. The van der Waals surface area contributed by atoms with E-state index < -0.39 is 23.8 Å². The van der Waals surface area contributed by atoms with E-state index in [0.29, 0.717) is 57.2 Å². The number of nitrogens with zero attached hydrogens (tertiary/aromatic N) is 6. The molecular formula is C34H32N6O6. The summed E-state index contributed by atoms with van der Waals surface area (Å²) in [5.41, 5.74) is 5.07. The van der Waals surface area contributed by atoms with Crippen molar-refractivity contribution in [3.8, 4) is 22.9 Å². The fourth-order valence-corrected chi connectivity index (χ4v) is 5.78. The number of unbranched alkanes of at least 4 members (excludes halogenated alkanes) is 1. The number of aliphatic carboxylic acids is 2. The predicted octanol–water partition coefficient (Wildman–Crippen LogP) is 5.78. The second kappa shape index (κ2) is 12.3. The second-order valence-corrected chi connectivity index (χ2v) is 11.4. The van der Waals surface area contributed by atoms with Crippen LogP contribution in [0.4, 0.5) is 0 Å². The highest BCUT2D eigenvalue weighted by atomic mass is 16.4. The summed E-state index contributed by atoms with van der Waals surface area (Å²) < 4.78 is 0. The highest BCUT2D eigenvalue weighted by Gasteiger charge is 2.26. The minimum atomic E-state index is -1.03. The van der Waals surface area contributed by atoms with Gasteiger partial charge in [-0.1, -0.05) is 49.2 Å². The van der Waals surface area contributed by atoms with Crippen LogP contribution in [-0.2, 0) is 9.59 Å². The Morgan fingerprint density at radius 2 is 0.935 bits per heavy atom. The van der Waals surface area contributed by atoms with Crippen LogP contribution < -0.4 is 0 Å². The van der Waals surface area contributed by atoms with E-state index in [1.54, 1.807) is 62.4 Å². The van der Waals surface area contributed by atoms with Crippen molar-refractivity contribution in [2.45, 2.75) is 51.4 Å². The number of fused-ring (bicyclic) bond motifs is 2. The first-order chi connectivity index (χ1) is 22.1. The van der Waals surface area contributed by atoms with Crippen molar-refractivity contribution in [1.29, 1.82) is 0 Å². The largest absolute Gasteiger partial charge is 0.505 e. The smallest absolute Gasteiger partial charge is 0.310 e. The quantitative estimate of drug-likeness (QED) is 0.130. The van der Waals surface area contributed by atoms with Gasteiger partial charge in [-0.05, 0) is 85.3 Å². The molecule has 12 heteroatoms. The van der Waals surface area contributed by atoms with Crippen molar-refractivity contribution in [2.24, 2.45) is 0 Å². The van der Waals surface area contributed by atoms with E-state index in [2.05, 4.69) is 20.4 Å². The zero-order chi connectivity index (χ0) is 32.5. The molecule has 2 aromatic heterocycles. The molecule has 2 atom stereocenters. The van der Waals surface area contributed by atoms with Gasteiger partial charge in [0.2, 0.25) is 0 Å². The summed E-state index contributed by atoms with van der Waals surface area (Å²) in [6, 6.07) is 21.0. The van der Waals surface area contributed by atoms with E-state index in [9.17, 15) is 30.0 Å². The molecule has 0 saturated heterocycles. The van der Waals surface area contributed by atoms with E-state index in [-0.39, 0.29) is 35.7 Å². The van der Waals surface area contributed by atoms with E-state index in [1.165, 1.54) is 9.59 Å². The molecule has 0 amide bonds. The summed E-state index contributed by atoms with van der Waals surface area (Å²) in [4.78, 5) is 27.4. The van der Waals surface area contributed by atoms with E-state index in [4.69, 9.17) is 0 Å². The molecule has 234 valence electrons. The Labute approximate surface area is 263 Å². The average molecular weight is 621 g/mol. The van der Waals surface area contributed by atoms with Gasteiger partial charge in [0.1, 0.15) is 44.9 Å². The molecule has 0 aliphatic heterocycles. The Morgan fingerprint density at radius 1 is 0.609 bits per heavy atom. The number of hydrogen-bond acceptors (Lipinski definition) is 8. The van der Waals surface area contributed by atoms with Gasteiger partial charge in [-0.15, -0.1) is 30.0 Å². The Morgan fingerprint density at radius 3 is 1.24 bits per heavy atom. The van der Waals surface area contributed by atoms with Gasteiger partial charge in [0.25, 0.3) is 0 Å². The number of carbonyl (C=O) groups is 2. The standard InChI is InChI=1S/C34H32N6O6/c1-19-15-21(17-29(31(19)41)39-35-25-11-5-6-12-26(25)36-39)23(33(43)44)9-3-4-10-24(34(45)46)22-16-20(2)32(42)30(18-22)40-37-27-13-7-8-14-28(27)38-40/h5-8,11-18,23-24,41-42H,3-4,9-10H2,1-2H3,(H,43,44)(H,45,46). The molecule has 2 unspecified atom stereocenters. The number of phenols is 2. The molecule has 4 N–H and O–H groups in total. The van der Waals surface area contributed by atoms with Crippen molar-refractivity contribution < 1.29 is 30.0 Å². The number of hydrogen-bond donors (Lipinski definition) is 4. The van der Waals surface area contributed by atoms with Crippen LogP contribution in [0.5, 0.6) is 11.5 Å². The maximum absolute atomic E-state index is 12.4. The number of carboxylic acids is 2. The van der Waals surface area contributed by atoms with Crippen LogP contribution in [0.25, 0.3) is 33.4 Å². The molecule has 12 nitrogen and oxygen atoms in total. The Kier molecular flexibility index (Phi) is 8.10. The second-order valence-electron chi connectivity index (χ2n) is 11.4. The first kappa shape index (κ1) is 30.3. The maximum atomic E-state index is 12.4. The van der Waals surface area contributed by atoms with Crippen molar-refractivity contribution in [1.82, 2.24) is 30.0 Å². The van der Waals surface area contributed by atoms with E-state index in [0.717, 1.165) is 0 Å². The summed E-state index contributed by atoms with van der Waals surface area (Å²) in [5, 5.41) is 59.6. The number of carboxylic acid groups (broad SMARTS) is 2. The van der Waals surface area contributed by atoms with Crippen molar-refractivity contribution >= 4 is 34.0 Å². The average Bonchev–Trinajstić information content (AvgIpc) is 3.66. The third-order valence-electron chi connectivity index (χ3n) is 8.25. The lowest BCUT2D eigenvalue weighted by atomic mass is 9.88. The Balaban J connectivity index is 1.20. The third kappa shape index (κ3) is 5.84. The monoisotopic (exact) mass is 620 g/mol. The number of phenolic OH excluding ortho intramolecular Hbond substituents is 2. The molecule has 4 aromatic carbocycles. The lowest BCUT2D eigenvalue weighted by molar-refractivity contribution is -0.140. The molecule has 46 heavy (non-hydrogen) atoms. The van der Waals surface area contributed by atoms with Crippen LogP contribution in [0.2, 0.25) is 0 Å². The van der Waals surface area contributed by atoms with Gasteiger partial charge in [-0.25, -0.2) is 0 Å². The summed E-state index contributed by atoms with van der Waals surface area (Å²) in [7, 11) is 0. The predicted molar refractivity (Wildman–Crippen MR) is 170 cm³/mol. The summed E-state index contributed by atoms with van der Waals surface area (Å²) in [6.45, 7) is 3.38. The fourth-order valence-electron chi connectivity index (χ4n) is 5.78. The van der Waals surface area contributed by atoms with E-state index >= 15 is 0 Å². The SMILES string of the molecule is Cc1cc(C(CCCCC(C(=O)O)c2cc(C)c(O)c(-n3nc4ccccc4n3)c2)C(=O)O)cc(-n2nc3ccccc3n2)c1O. The zero-order valence-corrected chi connectivity index (χ0v) is 25.2. The van der Waals surface area contributed by atoms with Crippen molar-refractivity contribution in [3.63, 3.8) is 0 Å². The van der Waals surface area contributed by atoms with Crippen LogP contribution in [0, 0.1) is 13.8 Å². The van der Waals surface area contributed by atoms with Crippen molar-refractivity contribution in [3.05, 3.63) is 95.1 Å². The van der Waals surface area contributed by atoms with Crippen LogP contribution in [0.1, 0.15) is 59.8 Å². The molecule has 0 aliphatic rings. The summed E-state index contributed by atoms with van der Waals surface area (Å²) in [5.74, 6) is -3.92. The Bertz CT molecular complexity index is 1890. The highest BCUT2D eigenvalue weighted by Crippen LogP contribution is 2.35. The molecule has 0 aliphatic carbocycles. The van der Waals surface area contributed by atoms with Crippen LogP contribution in [0.15, 0.2) is 72.8 Å². The normalized spacial score (nSPS) is 12.8. The maximum Gasteiger partial charge on any atom is 0.310 e. The highest BCUT2D eigenvalue weighted by molar-refractivity contribution is 5.78. The molecule has 0 radical (unpaired) electrons. The first-order valence-electron chi connectivity index (χ1n) is 14.9.